The second-order valence-electron chi connectivity index (χ2n) is 5.76. The molecular weight excluding hydrogens is 372 g/mol. The van der Waals surface area contributed by atoms with Crippen molar-refractivity contribution in [1.82, 2.24) is 14.2 Å². The van der Waals surface area contributed by atoms with Crippen LogP contribution in [0.5, 0.6) is 0 Å². The van der Waals surface area contributed by atoms with E-state index in [0.717, 1.165) is 10.7 Å². The number of anilines is 1. The molecule has 2 amide bonds. The third-order valence-corrected chi connectivity index (χ3v) is 6.75. The zero-order chi connectivity index (χ0) is 19.3. The van der Waals surface area contributed by atoms with Crippen molar-refractivity contribution in [2.24, 2.45) is 0 Å². The van der Waals surface area contributed by atoms with Gasteiger partial charge in [-0.2, -0.15) is 4.31 Å². The standard InChI is InChI=1S/C17H24N4O3S2/c1-5-21(6-2)26(23,24)16-9-7-14(8-10-16)19-17(22)20(4)11-15-12-25-13(3)18-15/h7-10,12H,5-6,11H2,1-4H3,(H,19,22). The van der Waals surface area contributed by atoms with E-state index in [9.17, 15) is 13.2 Å². The van der Waals surface area contributed by atoms with Crippen molar-refractivity contribution < 1.29 is 13.2 Å². The second-order valence-corrected chi connectivity index (χ2v) is 8.76. The van der Waals surface area contributed by atoms with Crippen molar-refractivity contribution in [2.75, 3.05) is 25.5 Å². The predicted molar refractivity (Wildman–Crippen MR) is 104 cm³/mol. The Labute approximate surface area is 158 Å². The fourth-order valence-electron chi connectivity index (χ4n) is 2.44. The van der Waals surface area contributed by atoms with Gasteiger partial charge in [0.2, 0.25) is 10.0 Å². The highest BCUT2D eigenvalue weighted by Gasteiger charge is 2.21. The van der Waals surface area contributed by atoms with Crippen LogP contribution in [0.4, 0.5) is 10.5 Å². The van der Waals surface area contributed by atoms with Gasteiger partial charge in [-0.3, -0.25) is 0 Å². The van der Waals surface area contributed by atoms with Crippen molar-refractivity contribution in [3.8, 4) is 0 Å². The van der Waals surface area contributed by atoms with Crippen LogP contribution in [-0.4, -0.2) is 48.8 Å². The van der Waals surface area contributed by atoms with Crippen molar-refractivity contribution in [2.45, 2.75) is 32.2 Å². The summed E-state index contributed by atoms with van der Waals surface area (Å²) in [6.07, 6.45) is 0. The molecule has 0 saturated heterocycles. The number of rotatable bonds is 7. The summed E-state index contributed by atoms with van der Waals surface area (Å²) in [5, 5.41) is 5.64. The van der Waals surface area contributed by atoms with Gasteiger partial charge in [-0.25, -0.2) is 18.2 Å². The van der Waals surface area contributed by atoms with E-state index in [1.54, 1.807) is 44.4 Å². The van der Waals surface area contributed by atoms with Crippen LogP contribution in [0.3, 0.4) is 0 Å². The number of nitrogens with zero attached hydrogens (tertiary/aromatic N) is 3. The van der Waals surface area contributed by atoms with Crippen LogP contribution in [-0.2, 0) is 16.6 Å². The van der Waals surface area contributed by atoms with E-state index in [-0.39, 0.29) is 10.9 Å². The Morgan fingerprint density at radius 1 is 1.19 bits per heavy atom. The van der Waals surface area contributed by atoms with Gasteiger partial charge >= 0.3 is 6.03 Å². The van der Waals surface area contributed by atoms with Crippen LogP contribution in [0.15, 0.2) is 34.5 Å². The number of hydrogen-bond donors (Lipinski definition) is 1. The molecule has 0 radical (unpaired) electrons. The minimum Gasteiger partial charge on any atom is -0.322 e. The maximum atomic E-state index is 12.5. The SMILES string of the molecule is CCN(CC)S(=O)(=O)c1ccc(NC(=O)N(C)Cc2csc(C)n2)cc1. The number of nitrogens with one attached hydrogen (secondary N) is 1. The molecular formula is C17H24N4O3S2. The topological polar surface area (TPSA) is 82.6 Å². The average molecular weight is 397 g/mol. The Hall–Kier alpha value is -1.97. The molecule has 9 heteroatoms. The van der Waals surface area contributed by atoms with Gasteiger partial charge in [0.15, 0.2) is 0 Å². The summed E-state index contributed by atoms with van der Waals surface area (Å²) >= 11 is 1.54. The highest BCUT2D eigenvalue weighted by molar-refractivity contribution is 7.89. The molecule has 142 valence electrons. The van der Waals surface area contributed by atoms with Crippen molar-refractivity contribution >= 4 is 33.1 Å². The molecule has 2 rings (SSSR count). The molecule has 1 aromatic carbocycles. The molecule has 0 aliphatic rings. The monoisotopic (exact) mass is 396 g/mol. The Balaban J connectivity index is 2.03. The number of hydrogen-bond acceptors (Lipinski definition) is 5. The maximum absolute atomic E-state index is 12.5. The molecule has 0 saturated carbocycles. The van der Waals surface area contributed by atoms with E-state index in [1.165, 1.54) is 21.3 Å². The first kappa shape index (κ1) is 20.3. The minimum atomic E-state index is -3.50. The van der Waals surface area contributed by atoms with Gasteiger partial charge in [-0.05, 0) is 31.2 Å². The molecule has 0 atom stereocenters. The number of carbonyl (C=O) groups is 1. The van der Waals surface area contributed by atoms with Crippen LogP contribution in [0.1, 0.15) is 24.5 Å². The van der Waals surface area contributed by atoms with Crippen molar-refractivity contribution in [3.63, 3.8) is 0 Å². The molecule has 26 heavy (non-hydrogen) atoms. The lowest BCUT2D eigenvalue weighted by atomic mass is 10.3. The molecule has 0 fully saturated rings. The van der Waals surface area contributed by atoms with E-state index >= 15 is 0 Å². The summed E-state index contributed by atoms with van der Waals surface area (Å²) in [4.78, 5) is 18.3. The largest absolute Gasteiger partial charge is 0.322 e. The lowest BCUT2D eigenvalue weighted by Gasteiger charge is -2.19. The molecule has 2 aromatic rings. The molecule has 1 N–H and O–H groups in total. The van der Waals surface area contributed by atoms with E-state index in [0.29, 0.717) is 25.3 Å². The number of amides is 2. The average Bonchev–Trinajstić information content (AvgIpc) is 3.01. The predicted octanol–water partition coefficient (Wildman–Crippen LogP) is 3.15. The Morgan fingerprint density at radius 2 is 1.81 bits per heavy atom. The van der Waals surface area contributed by atoms with Crippen LogP contribution >= 0.6 is 11.3 Å². The Bertz CT molecular complexity index is 843. The van der Waals surface area contributed by atoms with Crippen LogP contribution < -0.4 is 5.32 Å². The number of sulfonamides is 1. The first-order valence-electron chi connectivity index (χ1n) is 8.31. The molecule has 1 aromatic heterocycles. The Kier molecular flexibility index (Phi) is 6.74. The summed E-state index contributed by atoms with van der Waals surface area (Å²) in [5.41, 5.74) is 1.38. The first-order valence-corrected chi connectivity index (χ1v) is 10.6. The smallest absolute Gasteiger partial charge is 0.321 e. The second kappa shape index (κ2) is 8.61. The summed E-state index contributed by atoms with van der Waals surface area (Å²) in [6.45, 7) is 6.76. The number of aryl methyl sites for hydroxylation is 1. The fraction of sp³-hybridized carbons (Fsp3) is 0.412. The van der Waals surface area contributed by atoms with Gasteiger partial charge in [0.1, 0.15) is 0 Å². The highest BCUT2D eigenvalue weighted by Crippen LogP contribution is 2.19. The lowest BCUT2D eigenvalue weighted by Crippen LogP contribution is -2.31. The summed E-state index contributed by atoms with van der Waals surface area (Å²) in [5.74, 6) is 0. The lowest BCUT2D eigenvalue weighted by molar-refractivity contribution is 0.220. The van der Waals surface area contributed by atoms with Gasteiger partial charge < -0.3 is 10.2 Å². The quantitative estimate of drug-likeness (QED) is 0.779. The van der Waals surface area contributed by atoms with Gasteiger partial charge in [-0.1, -0.05) is 13.8 Å². The van der Waals surface area contributed by atoms with E-state index in [2.05, 4.69) is 10.3 Å². The molecule has 0 aliphatic heterocycles. The highest BCUT2D eigenvalue weighted by atomic mass is 32.2. The van der Waals surface area contributed by atoms with E-state index in [4.69, 9.17) is 0 Å². The number of urea groups is 1. The number of carbonyl (C=O) groups excluding carboxylic acids is 1. The van der Waals surface area contributed by atoms with Gasteiger partial charge in [0.05, 0.1) is 22.1 Å². The molecule has 0 unspecified atom stereocenters. The molecule has 7 nitrogen and oxygen atoms in total. The summed E-state index contributed by atoms with van der Waals surface area (Å²) in [6, 6.07) is 5.92. The van der Waals surface area contributed by atoms with Gasteiger partial charge in [0, 0.05) is 31.2 Å². The number of thiazole rings is 1. The molecule has 0 bridgehead atoms. The van der Waals surface area contributed by atoms with Crippen LogP contribution in [0, 0.1) is 6.92 Å². The zero-order valence-corrected chi connectivity index (χ0v) is 17.0. The van der Waals surface area contributed by atoms with Gasteiger partial charge in [0.25, 0.3) is 0 Å². The van der Waals surface area contributed by atoms with E-state index < -0.39 is 10.0 Å². The number of benzene rings is 1. The maximum Gasteiger partial charge on any atom is 0.321 e. The third-order valence-electron chi connectivity index (χ3n) is 3.86. The third kappa shape index (κ3) is 4.80. The molecule has 1 heterocycles. The molecule has 0 spiro atoms. The Morgan fingerprint density at radius 3 is 2.31 bits per heavy atom. The first-order chi connectivity index (χ1) is 12.3. The minimum absolute atomic E-state index is 0.213. The molecule has 0 aliphatic carbocycles. The van der Waals surface area contributed by atoms with Crippen molar-refractivity contribution in [1.29, 1.82) is 0 Å². The zero-order valence-electron chi connectivity index (χ0n) is 15.4. The number of aromatic nitrogens is 1. The van der Waals surface area contributed by atoms with E-state index in [1.807, 2.05) is 12.3 Å². The normalized spacial score (nSPS) is 11.6. The van der Waals surface area contributed by atoms with Crippen LogP contribution in [0.2, 0.25) is 0 Å². The van der Waals surface area contributed by atoms with Crippen molar-refractivity contribution in [3.05, 3.63) is 40.3 Å². The van der Waals surface area contributed by atoms with Gasteiger partial charge in [-0.15, -0.1) is 11.3 Å². The van der Waals surface area contributed by atoms with Crippen LogP contribution in [0.25, 0.3) is 0 Å². The fourth-order valence-corrected chi connectivity index (χ4v) is 4.50. The summed E-state index contributed by atoms with van der Waals surface area (Å²) < 4.78 is 26.3. The summed E-state index contributed by atoms with van der Waals surface area (Å²) in [7, 11) is -1.81.